The van der Waals surface area contributed by atoms with E-state index in [0.29, 0.717) is 51.1 Å². The van der Waals surface area contributed by atoms with E-state index in [2.05, 4.69) is 31.1 Å². The van der Waals surface area contributed by atoms with Crippen LogP contribution in [0.2, 0.25) is 0 Å². The van der Waals surface area contributed by atoms with E-state index in [0.717, 1.165) is 17.3 Å². The van der Waals surface area contributed by atoms with Gasteiger partial charge in [-0.3, -0.25) is 25.6 Å². The van der Waals surface area contributed by atoms with E-state index in [9.17, 15) is 20.2 Å². The quantitative estimate of drug-likeness (QED) is 0.0253. The van der Waals surface area contributed by atoms with Gasteiger partial charge in [0, 0.05) is 35.1 Å². The van der Waals surface area contributed by atoms with Gasteiger partial charge in [-0.05, 0) is 91.0 Å². The zero-order valence-electron chi connectivity index (χ0n) is 33.6. The second-order valence-electron chi connectivity index (χ2n) is 13.6. The molecule has 8 rings (SSSR count). The van der Waals surface area contributed by atoms with E-state index in [1.807, 2.05) is 30.3 Å². The summed E-state index contributed by atoms with van der Waals surface area (Å²) < 4.78 is 14.2. The number of aliphatic hydroxyl groups excluding tert-OH is 2. The van der Waals surface area contributed by atoms with Gasteiger partial charge in [0.25, 0.3) is 23.1 Å². The predicted octanol–water partition coefficient (Wildman–Crippen LogP) is 5.82. The van der Waals surface area contributed by atoms with Gasteiger partial charge in [-0.15, -0.1) is 10.2 Å². The van der Waals surface area contributed by atoms with Crippen molar-refractivity contribution in [1.29, 1.82) is 5.41 Å². The van der Waals surface area contributed by atoms with Gasteiger partial charge in [-0.1, -0.05) is 12.1 Å². The lowest BCUT2D eigenvalue weighted by Crippen LogP contribution is -2.21. The van der Waals surface area contributed by atoms with Crippen LogP contribution in [0.4, 0.5) is 56.9 Å². The summed E-state index contributed by atoms with van der Waals surface area (Å²) in [6, 6.07) is 26.6. The smallest absolute Gasteiger partial charge is 0.299 e. The number of fused-ring (bicyclic) bond motifs is 2. The molecule has 4 heterocycles. The summed E-state index contributed by atoms with van der Waals surface area (Å²) in [5, 5.41) is 67.7. The van der Waals surface area contributed by atoms with Crippen LogP contribution in [0.5, 0.6) is 11.8 Å². The van der Waals surface area contributed by atoms with Crippen LogP contribution in [0, 0.1) is 25.6 Å². The highest BCUT2D eigenvalue weighted by Gasteiger charge is 2.27. The molecule has 7 aromatic rings. The molecule has 0 saturated carbocycles. The number of ether oxygens (including phenoxy) is 2. The van der Waals surface area contributed by atoms with Crippen molar-refractivity contribution in [3.05, 3.63) is 153 Å². The molecule has 0 amide bonds. The largest absolute Gasteiger partial charge is 0.473 e. The summed E-state index contributed by atoms with van der Waals surface area (Å²) >= 11 is 0. The number of anilines is 7. The van der Waals surface area contributed by atoms with E-state index < -0.39 is 21.2 Å². The van der Waals surface area contributed by atoms with E-state index in [1.165, 1.54) is 10.6 Å². The van der Waals surface area contributed by atoms with Crippen LogP contribution in [0.1, 0.15) is 0 Å². The molecule has 1 aliphatic rings. The Morgan fingerprint density at radius 2 is 1.22 bits per heavy atom. The Hall–Kier alpha value is -9.02. The van der Waals surface area contributed by atoms with Gasteiger partial charge in [0.05, 0.1) is 63.0 Å². The number of nitrogens with zero attached hydrogens (tertiary/aromatic N) is 7. The first-order valence-corrected chi connectivity index (χ1v) is 19.2. The van der Waals surface area contributed by atoms with E-state index in [-0.39, 0.29) is 55.3 Å². The molecule has 3 aromatic carbocycles. The van der Waals surface area contributed by atoms with Gasteiger partial charge in [-0.25, -0.2) is 14.0 Å². The molecule has 4 aromatic heterocycles. The van der Waals surface area contributed by atoms with Crippen LogP contribution in [-0.4, -0.2) is 77.1 Å². The minimum absolute atomic E-state index is 0.0252. The molecule has 326 valence electrons. The molecule has 0 spiro atoms. The summed E-state index contributed by atoms with van der Waals surface area (Å²) in [6.07, 6.45) is 6.68. The Morgan fingerprint density at radius 3 is 1.81 bits per heavy atom. The zero-order valence-corrected chi connectivity index (χ0v) is 33.6. The van der Waals surface area contributed by atoms with Crippen molar-refractivity contribution >= 4 is 79.3 Å². The Kier molecular flexibility index (Phi) is 12.9. The maximum atomic E-state index is 11.8. The zero-order chi connectivity index (χ0) is 45.3. The normalized spacial score (nSPS) is 12.8. The molecule has 22 nitrogen and oxygen atoms in total. The van der Waals surface area contributed by atoms with Crippen molar-refractivity contribution in [2.45, 2.75) is 0 Å². The lowest BCUT2D eigenvalue weighted by atomic mass is 10.0. The van der Waals surface area contributed by atoms with Crippen molar-refractivity contribution in [2.75, 3.05) is 53.8 Å². The Bertz CT molecular complexity index is 2960. The number of aromatic nitrogens is 4. The molecule has 0 atom stereocenters. The number of nitrogens with two attached hydrogens (primary N) is 3. The summed E-state index contributed by atoms with van der Waals surface area (Å²) in [4.78, 5) is 26.7. The number of aliphatic hydroxyl groups is 2. The SMILES string of the molecule is N=C1C=C(N)C(Nc2ccc(N)cc2)=CC1=Nc1c(OCCO)nn2ccccc12.Nc1ccc(Nc2cc(Nc3c(OCCO)nn4ccccc34)c([N+](=O)[O-])cc2[N+](=O)[O-])cc1. The Morgan fingerprint density at radius 1 is 0.688 bits per heavy atom. The molecule has 0 radical (unpaired) electrons. The van der Waals surface area contributed by atoms with E-state index >= 15 is 0 Å². The van der Waals surface area contributed by atoms with E-state index in [4.69, 9.17) is 42.3 Å². The number of nitrogens with one attached hydrogen (secondary N) is 4. The third-order valence-corrected chi connectivity index (χ3v) is 9.20. The van der Waals surface area contributed by atoms with Crippen LogP contribution in [0.3, 0.4) is 0 Å². The van der Waals surface area contributed by atoms with Gasteiger partial charge in [-0.2, -0.15) is 0 Å². The Balaban J connectivity index is 0.000000193. The molecule has 0 saturated heterocycles. The maximum Gasteiger partial charge on any atom is 0.299 e. The van der Waals surface area contributed by atoms with Crippen molar-refractivity contribution < 1.29 is 29.5 Å². The number of nitro benzene ring substituents is 2. The molecule has 22 heteroatoms. The second-order valence-corrected chi connectivity index (χ2v) is 13.6. The predicted molar refractivity (Wildman–Crippen MR) is 242 cm³/mol. The standard InChI is InChI=1S/C21H19N7O6.C21H21N7O2/c22-13-4-6-14(7-5-13)23-15-11-16(19(28(32)33)12-18(15)27(30)31)24-20-17-3-1-2-8-26(17)25-21(20)34-10-9-29;22-13-4-6-14(7-5-13)25-17-12-18(16(24)11-15(17)23)26-20-19-3-1-2-8-28(19)27-21(20)30-10-9-29/h1-8,11-12,23-24,29H,9-10,22H2;1-8,11-12,24-25,29H,9-10,22-23H2. The summed E-state index contributed by atoms with van der Waals surface area (Å²) in [5.41, 5.74) is 22.6. The fraction of sp³-hybridized carbons (Fsp3) is 0.0952. The van der Waals surface area contributed by atoms with Crippen molar-refractivity contribution in [2.24, 2.45) is 10.7 Å². The lowest BCUT2D eigenvalue weighted by Gasteiger charge is -2.17. The topological polar surface area (TPSA) is 330 Å². The highest BCUT2D eigenvalue weighted by molar-refractivity contribution is 6.51. The van der Waals surface area contributed by atoms with Gasteiger partial charge >= 0.3 is 0 Å². The molecule has 0 bridgehead atoms. The van der Waals surface area contributed by atoms with Gasteiger partial charge in [0.2, 0.25) is 0 Å². The van der Waals surface area contributed by atoms with Crippen LogP contribution in [0.15, 0.2) is 138 Å². The van der Waals surface area contributed by atoms with Crippen LogP contribution in [-0.2, 0) is 0 Å². The number of benzene rings is 3. The first-order valence-electron chi connectivity index (χ1n) is 19.2. The summed E-state index contributed by atoms with van der Waals surface area (Å²) in [5.74, 6) is 0.375. The third-order valence-electron chi connectivity index (χ3n) is 9.20. The van der Waals surface area contributed by atoms with Gasteiger partial charge in [0.1, 0.15) is 30.3 Å². The number of hydrogen-bond donors (Lipinski definition) is 9. The average molecular weight is 869 g/mol. The first kappa shape index (κ1) is 43.1. The Labute approximate surface area is 362 Å². The number of hydrogen-bond acceptors (Lipinski definition) is 18. The average Bonchev–Trinajstić information content (AvgIpc) is 3.82. The molecular weight excluding hydrogens is 829 g/mol. The van der Waals surface area contributed by atoms with Crippen LogP contribution >= 0.6 is 0 Å². The molecule has 64 heavy (non-hydrogen) atoms. The molecule has 0 unspecified atom stereocenters. The fourth-order valence-corrected chi connectivity index (χ4v) is 6.23. The van der Waals surface area contributed by atoms with Crippen molar-refractivity contribution in [3.63, 3.8) is 0 Å². The highest BCUT2D eigenvalue weighted by atomic mass is 16.6. The molecular formula is C42H40N14O8. The fourth-order valence-electron chi connectivity index (χ4n) is 6.23. The highest BCUT2D eigenvalue weighted by Crippen LogP contribution is 2.41. The minimum Gasteiger partial charge on any atom is -0.473 e. The van der Waals surface area contributed by atoms with Crippen LogP contribution < -0.4 is 42.6 Å². The number of nitro groups is 2. The number of allylic oxidation sites excluding steroid dienone is 2. The first-order chi connectivity index (χ1) is 30.9. The van der Waals surface area contributed by atoms with E-state index in [1.54, 1.807) is 83.7 Å². The van der Waals surface area contributed by atoms with Crippen LogP contribution in [0.25, 0.3) is 11.0 Å². The molecule has 12 N–H and O–H groups in total. The lowest BCUT2D eigenvalue weighted by molar-refractivity contribution is -0.393. The maximum absolute atomic E-state index is 11.8. The van der Waals surface area contributed by atoms with Crippen molar-refractivity contribution in [1.82, 2.24) is 19.2 Å². The summed E-state index contributed by atoms with van der Waals surface area (Å²) in [7, 11) is 0. The molecule has 1 aliphatic carbocycles. The number of rotatable bonds is 15. The third kappa shape index (κ3) is 9.78. The monoisotopic (exact) mass is 868 g/mol. The number of pyridine rings is 2. The summed E-state index contributed by atoms with van der Waals surface area (Å²) in [6.45, 7) is -0.369. The van der Waals surface area contributed by atoms with Crippen molar-refractivity contribution in [3.8, 4) is 11.8 Å². The van der Waals surface area contributed by atoms with Gasteiger partial charge < -0.3 is 52.8 Å². The number of nitrogen functional groups attached to an aromatic ring is 2. The molecule has 0 fully saturated rings. The number of aliphatic imine (C=N–C) groups is 1. The molecule has 0 aliphatic heterocycles. The second kappa shape index (κ2) is 19.1. The minimum atomic E-state index is -0.720. The van der Waals surface area contributed by atoms with Gasteiger partial charge in [0.15, 0.2) is 5.69 Å².